The summed E-state index contributed by atoms with van der Waals surface area (Å²) >= 11 is 0. The zero-order chi connectivity index (χ0) is 20.3. The summed E-state index contributed by atoms with van der Waals surface area (Å²) in [4.78, 5) is 9.20. The first-order chi connectivity index (χ1) is 12.8. The maximum atomic E-state index is 10.8. The molecule has 1 rings (SSSR count). The number of nitrogens with zero attached hydrogens (tertiary/aromatic N) is 3. The van der Waals surface area contributed by atoms with Gasteiger partial charge in [-0.15, -0.1) is 0 Å². The lowest BCUT2D eigenvalue weighted by molar-refractivity contribution is -0.0180. The fourth-order valence-corrected chi connectivity index (χ4v) is 3.69. The predicted octanol–water partition coefficient (Wildman–Crippen LogP) is 0.991. The molecule has 0 bridgehead atoms. The van der Waals surface area contributed by atoms with Crippen molar-refractivity contribution in [3.63, 3.8) is 0 Å². The highest BCUT2D eigenvalue weighted by Crippen LogP contribution is 2.16. The molecule has 1 heterocycles. The minimum Gasteiger partial charge on any atom is -0.387 e. The number of aliphatic hydroxyl groups is 1. The molecule has 7 nitrogen and oxygen atoms in total. The van der Waals surface area contributed by atoms with Crippen LogP contribution in [0.1, 0.15) is 40.5 Å². The van der Waals surface area contributed by atoms with E-state index in [0.29, 0.717) is 25.0 Å². The average molecular weight is 386 g/mol. The van der Waals surface area contributed by atoms with Crippen LogP contribution in [0.25, 0.3) is 0 Å². The first kappa shape index (κ1) is 24.1. The number of rotatable bonds is 11. The van der Waals surface area contributed by atoms with Crippen molar-refractivity contribution < 1.29 is 9.84 Å². The van der Waals surface area contributed by atoms with Crippen molar-refractivity contribution in [2.75, 3.05) is 66.6 Å². The van der Waals surface area contributed by atoms with E-state index in [0.717, 1.165) is 45.4 Å². The topological polar surface area (TPSA) is 72.4 Å². The Hall–Kier alpha value is -0.890. The Bertz CT molecular complexity index is 419. The molecule has 0 amide bonds. The van der Waals surface area contributed by atoms with Crippen LogP contribution in [0.3, 0.4) is 0 Å². The molecule has 0 spiro atoms. The third-order valence-corrected chi connectivity index (χ3v) is 5.32. The summed E-state index contributed by atoms with van der Waals surface area (Å²) < 4.78 is 5.38. The second kappa shape index (κ2) is 12.5. The van der Waals surface area contributed by atoms with Crippen LogP contribution in [-0.4, -0.2) is 99.1 Å². The van der Waals surface area contributed by atoms with Gasteiger partial charge in [0.2, 0.25) is 0 Å². The Morgan fingerprint density at radius 1 is 1.19 bits per heavy atom. The summed E-state index contributed by atoms with van der Waals surface area (Å²) in [6.45, 7) is 14.3. The number of morpholine rings is 1. The molecule has 0 saturated carbocycles. The van der Waals surface area contributed by atoms with Crippen molar-refractivity contribution in [2.24, 2.45) is 10.9 Å². The molecule has 1 aliphatic heterocycles. The van der Waals surface area contributed by atoms with Gasteiger partial charge in [-0.1, -0.05) is 26.7 Å². The van der Waals surface area contributed by atoms with E-state index in [1.807, 2.05) is 6.92 Å². The molecule has 3 N–H and O–H groups in total. The molecule has 0 radical (unpaired) electrons. The Kier molecular flexibility index (Phi) is 11.2. The van der Waals surface area contributed by atoms with E-state index < -0.39 is 5.60 Å². The molecule has 27 heavy (non-hydrogen) atoms. The van der Waals surface area contributed by atoms with Crippen LogP contribution in [0, 0.1) is 5.92 Å². The van der Waals surface area contributed by atoms with Gasteiger partial charge in [0.15, 0.2) is 5.96 Å². The highest BCUT2D eigenvalue weighted by Gasteiger charge is 2.25. The van der Waals surface area contributed by atoms with Crippen molar-refractivity contribution in [3.05, 3.63) is 0 Å². The van der Waals surface area contributed by atoms with Crippen LogP contribution >= 0.6 is 0 Å². The monoisotopic (exact) mass is 385 g/mol. The summed E-state index contributed by atoms with van der Waals surface area (Å²) in [5.74, 6) is 1.43. The number of aliphatic imine (C=N–C) groups is 1. The zero-order valence-corrected chi connectivity index (χ0v) is 18.4. The number of hydrogen-bond donors (Lipinski definition) is 3. The van der Waals surface area contributed by atoms with E-state index in [-0.39, 0.29) is 0 Å². The van der Waals surface area contributed by atoms with Gasteiger partial charge < -0.3 is 25.4 Å². The normalized spacial score (nSPS) is 20.0. The molecule has 0 aromatic rings. The summed E-state index contributed by atoms with van der Waals surface area (Å²) in [6.07, 6.45) is 2.34. The molecular formula is C20H43N5O2. The number of guanidine groups is 1. The molecule has 7 heteroatoms. The van der Waals surface area contributed by atoms with Gasteiger partial charge >= 0.3 is 0 Å². The molecule has 0 aliphatic carbocycles. The second-order valence-corrected chi connectivity index (χ2v) is 8.07. The van der Waals surface area contributed by atoms with Crippen LogP contribution in [0.4, 0.5) is 0 Å². The Balaban J connectivity index is 2.63. The Morgan fingerprint density at radius 3 is 2.33 bits per heavy atom. The fourth-order valence-electron chi connectivity index (χ4n) is 3.69. The third-order valence-electron chi connectivity index (χ3n) is 5.32. The summed E-state index contributed by atoms with van der Waals surface area (Å²) in [6, 6.07) is 0.456. The van der Waals surface area contributed by atoms with Crippen molar-refractivity contribution >= 4 is 5.96 Å². The second-order valence-electron chi connectivity index (χ2n) is 8.07. The molecule has 2 atom stereocenters. The van der Waals surface area contributed by atoms with E-state index in [9.17, 15) is 5.11 Å². The van der Waals surface area contributed by atoms with Gasteiger partial charge in [-0.25, -0.2) is 0 Å². The van der Waals surface area contributed by atoms with Crippen LogP contribution in [0.5, 0.6) is 0 Å². The van der Waals surface area contributed by atoms with E-state index in [1.54, 1.807) is 0 Å². The van der Waals surface area contributed by atoms with Crippen molar-refractivity contribution in [1.29, 1.82) is 0 Å². The number of hydrogen-bond acceptors (Lipinski definition) is 5. The fraction of sp³-hybridized carbons (Fsp3) is 0.950. The highest BCUT2D eigenvalue weighted by molar-refractivity contribution is 5.79. The molecule has 1 fully saturated rings. The molecule has 0 aromatic heterocycles. The van der Waals surface area contributed by atoms with Gasteiger partial charge in [-0.3, -0.25) is 9.89 Å². The first-order valence-electron chi connectivity index (χ1n) is 10.5. The lowest BCUT2D eigenvalue weighted by Gasteiger charge is -2.33. The van der Waals surface area contributed by atoms with Crippen LogP contribution in [-0.2, 0) is 4.74 Å². The SMILES string of the molecule is CCNC(=NCC(C)(O)CN1CCOCC1)NCC(C(CC)CC)N(C)C. The lowest BCUT2D eigenvalue weighted by Crippen LogP contribution is -2.50. The zero-order valence-electron chi connectivity index (χ0n) is 18.4. The van der Waals surface area contributed by atoms with Gasteiger partial charge in [-0.2, -0.15) is 0 Å². The third kappa shape index (κ3) is 9.23. The number of likely N-dealkylation sites (N-methyl/N-ethyl adjacent to an activating group) is 1. The lowest BCUT2D eigenvalue weighted by atomic mass is 9.93. The minimum atomic E-state index is -0.851. The highest BCUT2D eigenvalue weighted by atomic mass is 16.5. The molecule has 160 valence electrons. The van der Waals surface area contributed by atoms with Gasteiger partial charge in [0.05, 0.1) is 25.4 Å². The van der Waals surface area contributed by atoms with Crippen LogP contribution in [0.2, 0.25) is 0 Å². The summed E-state index contributed by atoms with van der Waals surface area (Å²) in [7, 11) is 4.28. The number of nitrogens with one attached hydrogen (secondary N) is 2. The molecule has 1 saturated heterocycles. The minimum absolute atomic E-state index is 0.372. The van der Waals surface area contributed by atoms with E-state index in [1.165, 1.54) is 12.8 Å². The van der Waals surface area contributed by atoms with E-state index in [2.05, 4.69) is 60.3 Å². The van der Waals surface area contributed by atoms with Gasteiger partial charge in [0.1, 0.15) is 0 Å². The quantitative estimate of drug-likeness (QED) is 0.364. The van der Waals surface area contributed by atoms with Crippen molar-refractivity contribution in [2.45, 2.75) is 52.2 Å². The predicted molar refractivity (Wildman–Crippen MR) is 113 cm³/mol. The van der Waals surface area contributed by atoms with Crippen LogP contribution < -0.4 is 10.6 Å². The van der Waals surface area contributed by atoms with Gasteiger partial charge in [-0.05, 0) is 33.9 Å². The Morgan fingerprint density at radius 2 is 1.81 bits per heavy atom. The number of β-amino-alcohol motifs (C(OH)–C–C–N with tert-alkyl or cyclic N) is 1. The molecule has 0 aromatic carbocycles. The van der Waals surface area contributed by atoms with Crippen molar-refractivity contribution in [1.82, 2.24) is 20.4 Å². The summed E-state index contributed by atoms with van der Waals surface area (Å²) in [5, 5.41) is 17.5. The van der Waals surface area contributed by atoms with Crippen LogP contribution in [0.15, 0.2) is 4.99 Å². The number of ether oxygens (including phenoxy) is 1. The van der Waals surface area contributed by atoms with E-state index >= 15 is 0 Å². The van der Waals surface area contributed by atoms with Crippen molar-refractivity contribution in [3.8, 4) is 0 Å². The smallest absolute Gasteiger partial charge is 0.191 e. The Labute approximate surface area is 166 Å². The largest absolute Gasteiger partial charge is 0.387 e. The van der Waals surface area contributed by atoms with Gasteiger partial charge in [0.25, 0.3) is 0 Å². The van der Waals surface area contributed by atoms with E-state index in [4.69, 9.17) is 4.74 Å². The van der Waals surface area contributed by atoms with Gasteiger partial charge in [0, 0.05) is 38.8 Å². The average Bonchev–Trinajstić information content (AvgIpc) is 2.63. The maximum absolute atomic E-state index is 10.8. The maximum Gasteiger partial charge on any atom is 0.191 e. The molecular weight excluding hydrogens is 342 g/mol. The first-order valence-corrected chi connectivity index (χ1v) is 10.5. The summed E-state index contributed by atoms with van der Waals surface area (Å²) in [5.41, 5.74) is -0.851. The standard InChI is InChI=1S/C20H43N5O2/c1-7-17(8-2)18(24(5)6)14-22-19(21-9-3)23-15-20(4,26)16-25-10-12-27-13-11-25/h17-18,26H,7-16H2,1-6H3,(H2,21,22,23). The molecule has 2 unspecified atom stereocenters. The molecule has 1 aliphatic rings.